The number of carboxylic acid groups (broad SMARTS) is 1. The number of hydrogen-bond donors (Lipinski definition) is 2. The largest absolute Gasteiger partial charge is 0.480 e. The van der Waals surface area contributed by atoms with Gasteiger partial charge in [-0.15, -0.1) is 0 Å². The SMILES string of the molecule is CN(CC(=O)O)c1ccc(N)c2cc(Br)cnc12. The van der Waals surface area contributed by atoms with Crippen molar-refractivity contribution in [1.82, 2.24) is 4.98 Å². The molecular formula is C12H12BrN3O2. The normalized spacial score (nSPS) is 10.6. The fourth-order valence-corrected chi connectivity index (χ4v) is 2.13. The highest BCUT2D eigenvalue weighted by atomic mass is 79.9. The first-order valence-electron chi connectivity index (χ1n) is 5.25. The standard InChI is InChI=1S/C12H12BrN3O2/c1-16(6-11(17)18)10-3-2-9(14)8-4-7(13)5-15-12(8)10/h2-5H,6,14H2,1H3,(H,17,18). The number of nitrogens with zero attached hydrogens (tertiary/aromatic N) is 2. The predicted molar refractivity (Wildman–Crippen MR) is 74.8 cm³/mol. The fraction of sp³-hybridized carbons (Fsp3) is 0.167. The number of benzene rings is 1. The summed E-state index contributed by atoms with van der Waals surface area (Å²) in [4.78, 5) is 16.7. The molecule has 0 unspecified atom stereocenters. The number of carboxylic acids is 1. The van der Waals surface area contributed by atoms with E-state index < -0.39 is 5.97 Å². The van der Waals surface area contributed by atoms with E-state index in [2.05, 4.69) is 20.9 Å². The minimum Gasteiger partial charge on any atom is -0.480 e. The molecule has 1 aromatic heterocycles. The van der Waals surface area contributed by atoms with E-state index in [4.69, 9.17) is 10.8 Å². The molecule has 0 spiro atoms. The van der Waals surface area contributed by atoms with Crippen LogP contribution in [0, 0.1) is 0 Å². The molecule has 1 heterocycles. The van der Waals surface area contributed by atoms with Gasteiger partial charge in [0.2, 0.25) is 0 Å². The van der Waals surface area contributed by atoms with Crippen molar-refractivity contribution in [1.29, 1.82) is 0 Å². The van der Waals surface area contributed by atoms with Gasteiger partial charge in [0, 0.05) is 28.8 Å². The number of anilines is 2. The quantitative estimate of drug-likeness (QED) is 0.849. The third kappa shape index (κ3) is 2.38. The van der Waals surface area contributed by atoms with Gasteiger partial charge >= 0.3 is 5.97 Å². The summed E-state index contributed by atoms with van der Waals surface area (Å²) in [6.45, 7) is -0.0865. The van der Waals surface area contributed by atoms with E-state index in [1.165, 1.54) is 0 Å². The Morgan fingerprint density at radius 3 is 2.94 bits per heavy atom. The van der Waals surface area contributed by atoms with E-state index in [9.17, 15) is 4.79 Å². The average molecular weight is 310 g/mol. The number of hydrogen-bond acceptors (Lipinski definition) is 4. The van der Waals surface area contributed by atoms with Crippen molar-refractivity contribution in [2.75, 3.05) is 24.2 Å². The van der Waals surface area contributed by atoms with Crippen LogP contribution in [-0.2, 0) is 4.79 Å². The summed E-state index contributed by atoms with van der Waals surface area (Å²) in [5.74, 6) is -0.889. The lowest BCUT2D eigenvalue weighted by molar-refractivity contribution is -0.135. The lowest BCUT2D eigenvalue weighted by Crippen LogP contribution is -2.25. The molecule has 0 aliphatic carbocycles. The average Bonchev–Trinajstić information content (AvgIpc) is 2.29. The summed E-state index contributed by atoms with van der Waals surface area (Å²) in [5.41, 5.74) is 7.96. The van der Waals surface area contributed by atoms with Crippen LogP contribution >= 0.6 is 15.9 Å². The minimum absolute atomic E-state index is 0.0865. The minimum atomic E-state index is -0.889. The summed E-state index contributed by atoms with van der Waals surface area (Å²) < 4.78 is 0.833. The highest BCUT2D eigenvalue weighted by Gasteiger charge is 2.12. The Balaban J connectivity index is 2.58. The van der Waals surface area contributed by atoms with Crippen LogP contribution in [0.5, 0.6) is 0 Å². The maximum atomic E-state index is 10.7. The molecule has 0 atom stereocenters. The van der Waals surface area contributed by atoms with Gasteiger partial charge in [0.25, 0.3) is 0 Å². The molecule has 0 amide bonds. The van der Waals surface area contributed by atoms with Gasteiger partial charge in [-0.3, -0.25) is 9.78 Å². The van der Waals surface area contributed by atoms with Gasteiger partial charge in [0.1, 0.15) is 6.54 Å². The highest BCUT2D eigenvalue weighted by molar-refractivity contribution is 9.10. The Bertz CT molecular complexity index is 616. The van der Waals surface area contributed by atoms with Crippen molar-refractivity contribution in [2.24, 2.45) is 0 Å². The second-order valence-corrected chi connectivity index (χ2v) is 4.89. The third-order valence-corrected chi connectivity index (χ3v) is 3.05. The summed E-state index contributed by atoms with van der Waals surface area (Å²) >= 11 is 3.34. The first-order chi connectivity index (χ1) is 8.49. The van der Waals surface area contributed by atoms with Crippen LogP contribution in [0.3, 0.4) is 0 Å². The van der Waals surface area contributed by atoms with E-state index in [0.29, 0.717) is 11.2 Å². The topological polar surface area (TPSA) is 79.5 Å². The van der Waals surface area contributed by atoms with Crippen molar-refractivity contribution in [3.05, 3.63) is 28.9 Å². The number of fused-ring (bicyclic) bond motifs is 1. The highest BCUT2D eigenvalue weighted by Crippen LogP contribution is 2.30. The molecule has 0 saturated carbocycles. The Kier molecular flexibility index (Phi) is 3.38. The molecule has 0 bridgehead atoms. The summed E-state index contributed by atoms with van der Waals surface area (Å²) in [6.07, 6.45) is 1.67. The lowest BCUT2D eigenvalue weighted by atomic mass is 10.1. The third-order valence-electron chi connectivity index (χ3n) is 2.61. The summed E-state index contributed by atoms with van der Waals surface area (Å²) in [6, 6.07) is 5.40. The Morgan fingerprint density at radius 2 is 2.28 bits per heavy atom. The number of halogens is 1. The van der Waals surface area contributed by atoms with Gasteiger partial charge in [-0.2, -0.15) is 0 Å². The molecule has 0 radical (unpaired) electrons. The molecule has 3 N–H and O–H groups in total. The Hall–Kier alpha value is -1.82. The Morgan fingerprint density at radius 1 is 1.56 bits per heavy atom. The number of carbonyl (C=O) groups is 1. The van der Waals surface area contributed by atoms with Gasteiger partial charge in [0.05, 0.1) is 11.2 Å². The maximum Gasteiger partial charge on any atom is 0.323 e. The van der Waals surface area contributed by atoms with E-state index in [1.807, 2.05) is 6.07 Å². The molecule has 18 heavy (non-hydrogen) atoms. The second-order valence-electron chi connectivity index (χ2n) is 3.97. The van der Waals surface area contributed by atoms with Crippen molar-refractivity contribution >= 4 is 44.2 Å². The molecule has 1 aromatic carbocycles. The number of rotatable bonds is 3. The molecule has 0 aliphatic heterocycles. The van der Waals surface area contributed by atoms with Crippen LogP contribution in [0.4, 0.5) is 11.4 Å². The van der Waals surface area contributed by atoms with Gasteiger partial charge in [-0.1, -0.05) is 0 Å². The van der Waals surface area contributed by atoms with Crippen LogP contribution < -0.4 is 10.6 Å². The van der Waals surface area contributed by atoms with Gasteiger partial charge in [-0.05, 0) is 34.1 Å². The molecular weight excluding hydrogens is 298 g/mol. The number of aromatic nitrogens is 1. The first-order valence-corrected chi connectivity index (χ1v) is 6.05. The van der Waals surface area contributed by atoms with Crippen molar-refractivity contribution in [3.63, 3.8) is 0 Å². The van der Waals surface area contributed by atoms with Gasteiger partial charge in [0.15, 0.2) is 0 Å². The van der Waals surface area contributed by atoms with Crippen molar-refractivity contribution in [2.45, 2.75) is 0 Å². The van der Waals surface area contributed by atoms with E-state index in [1.54, 1.807) is 30.3 Å². The number of nitrogens with two attached hydrogens (primary N) is 1. The van der Waals surface area contributed by atoms with Gasteiger partial charge < -0.3 is 15.7 Å². The lowest BCUT2D eigenvalue weighted by Gasteiger charge is -2.19. The molecule has 0 saturated heterocycles. The fourth-order valence-electron chi connectivity index (χ4n) is 1.80. The second kappa shape index (κ2) is 4.81. The molecule has 6 heteroatoms. The molecule has 5 nitrogen and oxygen atoms in total. The summed E-state index contributed by atoms with van der Waals surface area (Å²) in [5, 5.41) is 9.63. The van der Waals surface area contributed by atoms with Crippen LogP contribution in [0.1, 0.15) is 0 Å². The zero-order chi connectivity index (χ0) is 13.3. The predicted octanol–water partition coefficient (Wildman–Crippen LogP) is 2.10. The number of pyridine rings is 1. The first kappa shape index (κ1) is 12.6. The van der Waals surface area contributed by atoms with E-state index >= 15 is 0 Å². The Labute approximate surface area is 112 Å². The zero-order valence-corrected chi connectivity index (χ0v) is 11.3. The maximum absolute atomic E-state index is 10.7. The number of likely N-dealkylation sites (N-methyl/N-ethyl adjacent to an activating group) is 1. The number of nitrogen functional groups attached to an aromatic ring is 1. The molecule has 0 fully saturated rings. The molecule has 2 rings (SSSR count). The van der Waals surface area contributed by atoms with Gasteiger partial charge in [-0.25, -0.2) is 0 Å². The van der Waals surface area contributed by atoms with Crippen LogP contribution in [0.2, 0.25) is 0 Å². The number of aliphatic carboxylic acids is 1. The zero-order valence-electron chi connectivity index (χ0n) is 9.72. The molecule has 0 aliphatic rings. The smallest absolute Gasteiger partial charge is 0.323 e. The van der Waals surface area contributed by atoms with E-state index in [0.717, 1.165) is 15.5 Å². The van der Waals surface area contributed by atoms with Crippen molar-refractivity contribution < 1.29 is 9.90 Å². The molecule has 2 aromatic rings. The monoisotopic (exact) mass is 309 g/mol. The molecule has 94 valence electrons. The van der Waals surface area contributed by atoms with Crippen LogP contribution in [0.25, 0.3) is 10.9 Å². The van der Waals surface area contributed by atoms with E-state index in [-0.39, 0.29) is 6.54 Å². The van der Waals surface area contributed by atoms with Crippen LogP contribution in [-0.4, -0.2) is 29.7 Å². The van der Waals surface area contributed by atoms with Crippen molar-refractivity contribution in [3.8, 4) is 0 Å². The van der Waals surface area contributed by atoms with Crippen LogP contribution in [0.15, 0.2) is 28.9 Å². The summed E-state index contributed by atoms with van der Waals surface area (Å²) in [7, 11) is 1.71.